The zero-order chi connectivity index (χ0) is 27.0. The van der Waals surface area contributed by atoms with Crippen molar-refractivity contribution in [2.45, 2.75) is 33.3 Å². The van der Waals surface area contributed by atoms with E-state index in [1.54, 1.807) is 12.1 Å². The van der Waals surface area contributed by atoms with Crippen molar-refractivity contribution in [3.63, 3.8) is 0 Å². The van der Waals surface area contributed by atoms with Crippen LogP contribution >= 0.6 is 0 Å². The van der Waals surface area contributed by atoms with Crippen LogP contribution in [-0.2, 0) is 14.4 Å². The van der Waals surface area contributed by atoms with E-state index in [1.165, 1.54) is 12.1 Å². The maximum absolute atomic E-state index is 13.6. The molecule has 0 radical (unpaired) electrons. The number of anilines is 1. The molecule has 0 unspecified atom stereocenters. The van der Waals surface area contributed by atoms with E-state index in [0.29, 0.717) is 41.2 Å². The molecule has 1 aromatic carbocycles. The van der Waals surface area contributed by atoms with Crippen molar-refractivity contribution in [2.75, 3.05) is 25.0 Å². The molecule has 1 aliphatic heterocycles. The Labute approximate surface area is 206 Å². The van der Waals surface area contributed by atoms with E-state index in [0.717, 1.165) is 17.8 Å². The second-order valence-corrected chi connectivity index (χ2v) is 7.93. The lowest BCUT2D eigenvalue weighted by Gasteiger charge is -2.06. The van der Waals surface area contributed by atoms with Crippen LogP contribution in [-0.4, -0.2) is 69.8 Å². The number of aliphatic hydroxyl groups is 1. The number of fused-ring (bicyclic) bond motifs is 1. The highest BCUT2D eigenvalue weighted by Gasteiger charge is 2.26. The second-order valence-electron chi connectivity index (χ2n) is 7.93. The number of hydrogen-bond acceptors (Lipinski definition) is 6. The molecule has 0 fully saturated rings. The summed E-state index contributed by atoms with van der Waals surface area (Å²) >= 11 is 0. The number of benzene rings is 1. The lowest BCUT2D eigenvalue weighted by Crippen LogP contribution is -2.32. The molecular weight excluding hydrogens is 475 g/mol. The van der Waals surface area contributed by atoms with Gasteiger partial charge in [0, 0.05) is 35.7 Å². The predicted molar refractivity (Wildman–Crippen MR) is 130 cm³/mol. The summed E-state index contributed by atoms with van der Waals surface area (Å²) in [4.78, 5) is 47.4. The van der Waals surface area contributed by atoms with Gasteiger partial charge in [0.25, 0.3) is 11.8 Å². The predicted octanol–water partition coefficient (Wildman–Crippen LogP) is 1.51. The Hall–Kier alpha value is -4.03. The largest absolute Gasteiger partial charge is 0.481 e. The highest BCUT2D eigenvalue weighted by molar-refractivity contribution is 6.34. The lowest BCUT2D eigenvalue weighted by atomic mass is 10.0. The van der Waals surface area contributed by atoms with Crippen molar-refractivity contribution in [2.24, 2.45) is 0 Å². The molecule has 2 amide bonds. The molecular formula is C24H29FN4O7. The average Bonchev–Trinajstić information content (AvgIpc) is 3.26. The van der Waals surface area contributed by atoms with Crippen molar-refractivity contribution in [3.8, 4) is 0 Å². The first-order chi connectivity index (χ1) is 17.0. The van der Waals surface area contributed by atoms with E-state index in [9.17, 15) is 23.6 Å². The fourth-order valence-electron chi connectivity index (χ4n) is 3.49. The van der Waals surface area contributed by atoms with Gasteiger partial charge in [-0.05, 0) is 50.2 Å². The van der Waals surface area contributed by atoms with Crippen LogP contribution in [0.2, 0.25) is 0 Å². The highest BCUT2D eigenvalue weighted by atomic mass is 19.1. The molecule has 194 valence electrons. The standard InChI is InChI=1S/C20H23FN4O2.C4H6O5/c1-4-22-7-8-23-20(27)18-11(2)17(24-12(18)3)10-15-14-9-13(21)5-6-16(14)25-19(15)26;5-2(4(8)9)1-3(6)7/h5-6,9-10,22,24H,4,7-8H2,1-3H3,(H,23,27)(H,25,26);2,5H,1H2,(H,6,7)(H,8,9)/b15-10-;/t;2-/m.0/s1. The summed E-state index contributed by atoms with van der Waals surface area (Å²) in [5.41, 5.74) is 4.16. The van der Waals surface area contributed by atoms with Gasteiger partial charge in [-0.1, -0.05) is 6.92 Å². The summed E-state index contributed by atoms with van der Waals surface area (Å²) in [6, 6.07) is 4.18. The molecule has 0 spiro atoms. The van der Waals surface area contributed by atoms with Gasteiger partial charge < -0.3 is 36.3 Å². The third-order valence-corrected chi connectivity index (χ3v) is 5.25. The van der Waals surface area contributed by atoms with Crippen LogP contribution in [0.4, 0.5) is 10.1 Å². The topological polar surface area (TPSA) is 181 Å². The number of aliphatic carboxylic acids is 2. The number of aryl methyl sites for hydroxylation is 1. The molecule has 1 atom stereocenters. The monoisotopic (exact) mass is 504 g/mol. The molecule has 1 aliphatic rings. The van der Waals surface area contributed by atoms with Crippen molar-refractivity contribution < 1.29 is 38.9 Å². The van der Waals surface area contributed by atoms with Crippen LogP contribution in [0.15, 0.2) is 18.2 Å². The molecule has 11 nitrogen and oxygen atoms in total. The minimum Gasteiger partial charge on any atom is -0.481 e. The molecule has 0 bridgehead atoms. The number of hydrogen-bond donors (Lipinski definition) is 7. The van der Waals surface area contributed by atoms with Crippen LogP contribution in [0.1, 0.15) is 46.2 Å². The molecule has 12 heteroatoms. The minimum atomic E-state index is -1.79. The third kappa shape index (κ3) is 7.23. The number of H-pyrrole nitrogens is 1. The number of halogens is 1. The average molecular weight is 505 g/mol. The Morgan fingerprint density at radius 3 is 2.44 bits per heavy atom. The van der Waals surface area contributed by atoms with Gasteiger partial charge in [-0.25, -0.2) is 9.18 Å². The molecule has 7 N–H and O–H groups in total. The normalized spacial score (nSPS) is 13.9. The van der Waals surface area contributed by atoms with E-state index >= 15 is 0 Å². The molecule has 2 heterocycles. The number of nitrogens with one attached hydrogen (secondary N) is 4. The number of rotatable bonds is 9. The van der Waals surface area contributed by atoms with Gasteiger partial charge in [0.1, 0.15) is 5.82 Å². The van der Waals surface area contributed by atoms with E-state index in [1.807, 2.05) is 20.8 Å². The summed E-state index contributed by atoms with van der Waals surface area (Å²) in [7, 11) is 0. The van der Waals surface area contributed by atoms with Gasteiger partial charge in [-0.15, -0.1) is 0 Å². The lowest BCUT2D eigenvalue weighted by molar-refractivity contribution is -0.152. The zero-order valence-electron chi connectivity index (χ0n) is 20.1. The Balaban J connectivity index is 0.000000434. The van der Waals surface area contributed by atoms with E-state index in [2.05, 4.69) is 20.9 Å². The fourth-order valence-corrected chi connectivity index (χ4v) is 3.49. The summed E-state index contributed by atoms with van der Waals surface area (Å²) in [6.45, 7) is 7.72. The SMILES string of the molecule is CCNCCNC(=O)c1c(C)[nH]c(/C=C2\C(=O)Nc3ccc(F)cc32)c1C.O=C(O)C[C@H](O)C(=O)O. The number of carboxylic acid groups (broad SMARTS) is 2. The van der Waals surface area contributed by atoms with Crippen LogP contribution in [0.25, 0.3) is 11.6 Å². The van der Waals surface area contributed by atoms with Crippen molar-refractivity contribution in [1.82, 2.24) is 15.6 Å². The number of carboxylic acids is 2. The van der Waals surface area contributed by atoms with Crippen LogP contribution < -0.4 is 16.0 Å². The number of aromatic amines is 1. The number of aliphatic hydroxyl groups excluding tert-OH is 1. The van der Waals surface area contributed by atoms with E-state index in [-0.39, 0.29) is 11.8 Å². The van der Waals surface area contributed by atoms with Gasteiger partial charge in [-0.2, -0.15) is 0 Å². The maximum Gasteiger partial charge on any atom is 0.333 e. The number of aromatic nitrogens is 1. The van der Waals surface area contributed by atoms with Gasteiger partial charge in [-0.3, -0.25) is 14.4 Å². The van der Waals surface area contributed by atoms with Gasteiger partial charge in [0.2, 0.25) is 0 Å². The van der Waals surface area contributed by atoms with Gasteiger partial charge in [0.05, 0.1) is 17.6 Å². The summed E-state index contributed by atoms with van der Waals surface area (Å²) in [5.74, 6) is -3.70. The number of amides is 2. The molecule has 0 saturated carbocycles. The Kier molecular flexibility index (Phi) is 9.88. The zero-order valence-corrected chi connectivity index (χ0v) is 20.1. The third-order valence-electron chi connectivity index (χ3n) is 5.25. The first-order valence-electron chi connectivity index (χ1n) is 11.1. The Bertz CT molecular complexity index is 1190. The molecule has 3 rings (SSSR count). The van der Waals surface area contributed by atoms with Crippen molar-refractivity contribution in [1.29, 1.82) is 0 Å². The van der Waals surface area contributed by atoms with Gasteiger partial charge >= 0.3 is 11.9 Å². The van der Waals surface area contributed by atoms with E-state index in [4.69, 9.17) is 15.3 Å². The molecule has 1 aromatic heterocycles. The Morgan fingerprint density at radius 1 is 1.17 bits per heavy atom. The first kappa shape index (κ1) is 28.2. The van der Waals surface area contributed by atoms with Crippen molar-refractivity contribution in [3.05, 3.63) is 52.1 Å². The van der Waals surface area contributed by atoms with Gasteiger partial charge in [0.15, 0.2) is 6.10 Å². The number of likely N-dealkylation sites (N-methyl/N-ethyl adjacent to an activating group) is 1. The van der Waals surface area contributed by atoms with Crippen LogP contribution in [0.3, 0.4) is 0 Å². The maximum atomic E-state index is 13.6. The molecule has 36 heavy (non-hydrogen) atoms. The fraction of sp³-hybridized carbons (Fsp3) is 0.333. The number of carbonyl (C=O) groups excluding carboxylic acids is 2. The molecule has 0 aliphatic carbocycles. The first-order valence-corrected chi connectivity index (χ1v) is 11.1. The quantitative estimate of drug-likeness (QED) is 0.198. The minimum absolute atomic E-state index is 0.161. The summed E-state index contributed by atoms with van der Waals surface area (Å²) < 4.78 is 13.6. The van der Waals surface area contributed by atoms with E-state index < -0.39 is 30.3 Å². The molecule has 2 aromatic rings. The number of carbonyl (C=O) groups is 4. The van der Waals surface area contributed by atoms with Crippen LogP contribution in [0.5, 0.6) is 0 Å². The summed E-state index contributed by atoms with van der Waals surface area (Å²) in [5, 5.41) is 32.9. The highest BCUT2D eigenvalue weighted by Crippen LogP contribution is 2.34. The second kappa shape index (κ2) is 12.6. The smallest absolute Gasteiger partial charge is 0.333 e. The Morgan fingerprint density at radius 2 is 1.86 bits per heavy atom. The summed E-state index contributed by atoms with van der Waals surface area (Å²) in [6.07, 6.45) is -0.879. The van der Waals surface area contributed by atoms with Crippen LogP contribution in [0, 0.1) is 19.7 Å². The molecule has 0 saturated heterocycles. The van der Waals surface area contributed by atoms with Crippen molar-refractivity contribution >= 4 is 41.1 Å².